The van der Waals surface area contributed by atoms with Crippen molar-refractivity contribution in [2.45, 2.75) is 75.8 Å². The number of amidine groups is 2. The number of aliphatic imine (C=N–C) groups is 1. The van der Waals surface area contributed by atoms with Crippen LogP contribution in [0.25, 0.3) is 0 Å². The summed E-state index contributed by atoms with van der Waals surface area (Å²) in [6, 6.07) is 3.87. The summed E-state index contributed by atoms with van der Waals surface area (Å²) >= 11 is 0. The first-order valence-electron chi connectivity index (χ1n) is 12.5. The largest absolute Gasteiger partial charge is 0.493 e. The third kappa shape index (κ3) is 5.52. The van der Waals surface area contributed by atoms with Crippen molar-refractivity contribution in [1.82, 2.24) is 15.0 Å². The minimum absolute atomic E-state index is 0.0663. The van der Waals surface area contributed by atoms with Crippen molar-refractivity contribution in [3.63, 3.8) is 0 Å². The third-order valence-electron chi connectivity index (χ3n) is 6.67. The first-order chi connectivity index (χ1) is 16.9. The molecule has 3 aliphatic rings. The Labute approximate surface area is 206 Å². The number of hydrogen-bond acceptors (Lipinski definition) is 8. The van der Waals surface area contributed by atoms with Crippen LogP contribution in [0.5, 0.6) is 5.75 Å². The topological polar surface area (TPSA) is 133 Å². The van der Waals surface area contributed by atoms with Gasteiger partial charge in [0, 0.05) is 19.1 Å². The lowest BCUT2D eigenvalue weighted by Crippen LogP contribution is -2.55. The molecule has 0 aromatic heterocycles. The molecule has 4 rings (SSSR count). The quantitative estimate of drug-likeness (QED) is 0.394. The van der Waals surface area contributed by atoms with E-state index in [0.29, 0.717) is 30.8 Å². The number of carbonyl (C=O) groups is 1. The number of hydrogen-bond donors (Lipinski definition) is 3. The van der Waals surface area contributed by atoms with Crippen LogP contribution in [-0.4, -0.2) is 68.0 Å². The number of nitrogens with one attached hydrogen (secondary N) is 2. The second kappa shape index (κ2) is 11.0. The number of aliphatic hydroxyl groups is 1. The van der Waals surface area contributed by atoms with Crippen molar-refractivity contribution in [1.29, 1.82) is 0 Å². The monoisotopic (exact) mass is 505 g/mol. The minimum atomic E-state index is -3.78. The van der Waals surface area contributed by atoms with Gasteiger partial charge in [-0.25, -0.2) is 18.1 Å². The molecular formula is C24H35N5O5S. The molecule has 2 atom stereocenters. The van der Waals surface area contributed by atoms with Gasteiger partial charge in [0.05, 0.1) is 23.1 Å². The van der Waals surface area contributed by atoms with Crippen LogP contribution < -0.4 is 14.8 Å². The zero-order chi connectivity index (χ0) is 25.0. The van der Waals surface area contributed by atoms with Crippen LogP contribution >= 0.6 is 0 Å². The molecule has 2 heterocycles. The Morgan fingerprint density at radius 3 is 2.71 bits per heavy atom. The number of aliphatic hydroxyl groups excluding tert-OH is 1. The molecule has 1 fully saturated rings. The predicted molar refractivity (Wildman–Crippen MR) is 133 cm³/mol. The number of fused-ring (bicyclic) bond motifs is 1. The lowest BCUT2D eigenvalue weighted by molar-refractivity contribution is -0.124. The predicted octanol–water partition coefficient (Wildman–Crippen LogP) is 1.98. The van der Waals surface area contributed by atoms with Gasteiger partial charge in [-0.15, -0.1) is 0 Å². The fourth-order valence-corrected chi connectivity index (χ4v) is 6.00. The Morgan fingerprint density at radius 2 is 2.00 bits per heavy atom. The van der Waals surface area contributed by atoms with E-state index in [1.165, 1.54) is 12.1 Å². The lowest BCUT2D eigenvalue weighted by Gasteiger charge is -2.31. The summed E-state index contributed by atoms with van der Waals surface area (Å²) in [5, 5.41) is 18.3. The number of nitrogens with zero attached hydrogens (tertiary/aromatic N) is 3. The van der Waals surface area contributed by atoms with Crippen molar-refractivity contribution >= 4 is 27.6 Å². The summed E-state index contributed by atoms with van der Waals surface area (Å²) < 4.78 is 34.2. The van der Waals surface area contributed by atoms with E-state index in [0.717, 1.165) is 37.9 Å². The van der Waals surface area contributed by atoms with E-state index >= 15 is 0 Å². The van der Waals surface area contributed by atoms with Crippen molar-refractivity contribution in [3.8, 4) is 5.75 Å². The maximum atomic E-state index is 13.1. The van der Waals surface area contributed by atoms with Gasteiger partial charge in [0.15, 0.2) is 11.9 Å². The number of benzene rings is 1. The summed E-state index contributed by atoms with van der Waals surface area (Å²) in [4.78, 5) is 18.0. The standard InChI is InChI=1S/C24H35N5O5S/c1-3-34-20-12-11-18(35(32,33)25-13-7-4-8-14-30)15-19(20)22-27-24(31)21-16(2)26-23(29(21)28-22)17-9-5-6-10-17/h11-12,15-17,21,25,30H,3-10,13-14H2,1-2H3,(H,27,28,31). The zero-order valence-corrected chi connectivity index (χ0v) is 21.2. The van der Waals surface area contributed by atoms with Crippen LogP contribution in [0.4, 0.5) is 0 Å². The van der Waals surface area contributed by atoms with Crippen molar-refractivity contribution in [2.24, 2.45) is 16.0 Å². The summed E-state index contributed by atoms with van der Waals surface area (Å²) in [5.74, 6) is 1.62. The first kappa shape index (κ1) is 25.6. The Balaban J connectivity index is 1.64. The summed E-state index contributed by atoms with van der Waals surface area (Å²) in [6.07, 6.45) is 6.34. The van der Waals surface area contributed by atoms with E-state index in [1.807, 2.05) is 13.8 Å². The third-order valence-corrected chi connectivity index (χ3v) is 8.13. The molecule has 1 amide bonds. The Bertz CT molecular complexity index is 1100. The summed E-state index contributed by atoms with van der Waals surface area (Å²) in [5.41, 5.74) is 0.409. The molecule has 1 aromatic rings. The number of unbranched alkanes of at least 4 members (excludes halogenated alkanes) is 2. The second-order valence-electron chi connectivity index (χ2n) is 9.21. The lowest BCUT2D eigenvalue weighted by atomic mass is 10.1. The van der Waals surface area contributed by atoms with Gasteiger partial charge in [0.1, 0.15) is 11.6 Å². The number of hydrazone groups is 1. The Morgan fingerprint density at radius 1 is 1.23 bits per heavy atom. The molecule has 35 heavy (non-hydrogen) atoms. The molecule has 3 N–H and O–H groups in total. The molecule has 1 aliphatic carbocycles. The minimum Gasteiger partial charge on any atom is -0.493 e. The van der Waals surface area contributed by atoms with E-state index in [2.05, 4.69) is 10.0 Å². The van der Waals surface area contributed by atoms with E-state index < -0.39 is 16.1 Å². The average molecular weight is 506 g/mol. The molecule has 1 aromatic carbocycles. The molecule has 192 valence electrons. The molecule has 0 bridgehead atoms. The SMILES string of the molecule is CCOc1ccc(S(=O)(=O)NCCCCCO)cc1C1=NN2C(C3CCCC3)=NC(C)C2C(=O)N1. The van der Waals surface area contributed by atoms with Crippen LogP contribution in [0.2, 0.25) is 0 Å². The Hall–Kier alpha value is -2.50. The number of sulfonamides is 1. The average Bonchev–Trinajstić information content (AvgIpc) is 3.47. The number of ether oxygens (including phenoxy) is 1. The van der Waals surface area contributed by atoms with Crippen LogP contribution in [0, 0.1) is 5.92 Å². The molecule has 1 saturated carbocycles. The van der Waals surface area contributed by atoms with Crippen LogP contribution in [0.15, 0.2) is 33.2 Å². The Kier molecular flexibility index (Phi) is 8.08. The van der Waals surface area contributed by atoms with Gasteiger partial charge in [-0.1, -0.05) is 12.8 Å². The van der Waals surface area contributed by atoms with Crippen molar-refractivity contribution in [3.05, 3.63) is 23.8 Å². The highest BCUT2D eigenvalue weighted by Crippen LogP contribution is 2.34. The van der Waals surface area contributed by atoms with Crippen LogP contribution in [0.3, 0.4) is 0 Å². The first-order valence-corrected chi connectivity index (χ1v) is 14.0. The van der Waals surface area contributed by atoms with E-state index in [1.54, 1.807) is 11.1 Å². The maximum absolute atomic E-state index is 13.1. The van der Waals surface area contributed by atoms with Crippen LogP contribution in [-0.2, 0) is 14.8 Å². The van der Waals surface area contributed by atoms with Gasteiger partial charge in [0.25, 0.3) is 5.91 Å². The van der Waals surface area contributed by atoms with Gasteiger partial charge >= 0.3 is 0 Å². The molecule has 0 radical (unpaired) electrons. The van der Waals surface area contributed by atoms with E-state index in [-0.39, 0.29) is 41.7 Å². The zero-order valence-electron chi connectivity index (χ0n) is 20.4. The van der Waals surface area contributed by atoms with E-state index in [9.17, 15) is 13.2 Å². The fourth-order valence-electron chi connectivity index (χ4n) is 4.90. The highest BCUT2D eigenvalue weighted by Gasteiger charge is 2.45. The molecule has 0 spiro atoms. The molecular weight excluding hydrogens is 470 g/mol. The van der Waals surface area contributed by atoms with Crippen molar-refractivity contribution in [2.75, 3.05) is 19.8 Å². The van der Waals surface area contributed by atoms with Gasteiger partial charge in [-0.05, 0) is 64.2 Å². The summed E-state index contributed by atoms with van der Waals surface area (Å²) in [6.45, 7) is 4.50. The van der Waals surface area contributed by atoms with Crippen LogP contribution in [0.1, 0.15) is 64.4 Å². The highest BCUT2D eigenvalue weighted by molar-refractivity contribution is 7.89. The maximum Gasteiger partial charge on any atom is 0.252 e. The molecule has 11 heteroatoms. The number of rotatable bonds is 11. The smallest absolute Gasteiger partial charge is 0.252 e. The van der Waals surface area contributed by atoms with Crippen molar-refractivity contribution < 1.29 is 23.1 Å². The fraction of sp³-hybridized carbons (Fsp3) is 0.625. The van der Waals surface area contributed by atoms with Gasteiger partial charge in [-0.3, -0.25) is 9.79 Å². The number of amides is 1. The molecule has 10 nitrogen and oxygen atoms in total. The highest BCUT2D eigenvalue weighted by atomic mass is 32.2. The second-order valence-corrected chi connectivity index (χ2v) is 11.0. The van der Waals surface area contributed by atoms with Gasteiger partial charge in [-0.2, -0.15) is 5.10 Å². The summed E-state index contributed by atoms with van der Waals surface area (Å²) in [7, 11) is -3.78. The normalized spacial score (nSPS) is 22.6. The van der Waals surface area contributed by atoms with E-state index in [4.69, 9.17) is 19.9 Å². The van der Waals surface area contributed by atoms with Gasteiger partial charge in [0.2, 0.25) is 10.0 Å². The molecule has 2 unspecified atom stereocenters. The van der Waals surface area contributed by atoms with Gasteiger partial charge < -0.3 is 15.2 Å². The number of carbonyl (C=O) groups excluding carboxylic acids is 1. The molecule has 0 saturated heterocycles. The molecule has 2 aliphatic heterocycles.